The number of carbonyl (C=O) groups excluding carboxylic acids is 1. The summed E-state index contributed by atoms with van der Waals surface area (Å²) in [5, 5.41) is 8.42. The average Bonchev–Trinajstić information content (AvgIpc) is 3.21. The van der Waals surface area contributed by atoms with Crippen molar-refractivity contribution in [3.63, 3.8) is 0 Å². The molecule has 3 rings (SSSR count). The molecule has 0 N–H and O–H groups in total. The minimum absolute atomic E-state index is 0.129. The minimum atomic E-state index is -0.538. The van der Waals surface area contributed by atoms with Crippen molar-refractivity contribution in [2.24, 2.45) is 0 Å². The Bertz CT molecular complexity index is 999. The van der Waals surface area contributed by atoms with Crippen molar-refractivity contribution in [2.45, 2.75) is 13.5 Å². The topological polar surface area (TPSA) is 83.7 Å². The number of aromatic nitrogens is 2. The molecule has 0 atom stereocenters. The summed E-state index contributed by atoms with van der Waals surface area (Å²) in [6.07, 6.45) is 2.93. The minimum Gasteiger partial charge on any atom is -0.493 e. The molecule has 150 valence electrons. The van der Waals surface area contributed by atoms with Crippen LogP contribution in [0, 0.1) is 0 Å². The molecule has 1 heterocycles. The number of rotatable bonds is 8. The zero-order valence-electron chi connectivity index (χ0n) is 15.9. The lowest BCUT2D eigenvalue weighted by atomic mass is 10.2. The van der Waals surface area contributed by atoms with Gasteiger partial charge >= 0.3 is 5.97 Å². The summed E-state index contributed by atoms with van der Waals surface area (Å²) in [7, 11) is 1.56. The smallest absolute Gasteiger partial charge is 0.331 e. The largest absolute Gasteiger partial charge is 0.493 e. The maximum atomic E-state index is 12.0. The van der Waals surface area contributed by atoms with Gasteiger partial charge in [-0.05, 0) is 55.0 Å². The number of methoxy groups -OCH3 is 1. The third kappa shape index (κ3) is 5.58. The van der Waals surface area contributed by atoms with E-state index in [1.54, 1.807) is 49.6 Å². The molecule has 0 bridgehead atoms. The molecule has 2 aromatic carbocycles. The molecular weight excluding hydrogens is 396 g/mol. The predicted octanol–water partition coefficient (Wildman–Crippen LogP) is 4.55. The van der Waals surface area contributed by atoms with Crippen LogP contribution in [0.15, 0.2) is 53.0 Å². The summed E-state index contributed by atoms with van der Waals surface area (Å²) in [4.78, 5) is 12.0. The summed E-state index contributed by atoms with van der Waals surface area (Å²) in [6.45, 7) is 2.30. The van der Waals surface area contributed by atoms with Crippen LogP contribution in [-0.2, 0) is 16.1 Å². The Morgan fingerprint density at radius 2 is 1.93 bits per heavy atom. The van der Waals surface area contributed by atoms with E-state index in [0.717, 1.165) is 11.1 Å². The number of carbonyl (C=O) groups is 1. The molecule has 29 heavy (non-hydrogen) atoms. The van der Waals surface area contributed by atoms with Crippen LogP contribution in [-0.4, -0.2) is 29.9 Å². The van der Waals surface area contributed by atoms with Gasteiger partial charge in [0.05, 0.1) is 13.7 Å². The molecule has 0 unspecified atom stereocenters. The fraction of sp³-hybridized carbons (Fsp3) is 0.190. The first-order chi connectivity index (χ1) is 14.1. The van der Waals surface area contributed by atoms with Gasteiger partial charge in [0, 0.05) is 16.7 Å². The van der Waals surface area contributed by atoms with Crippen LogP contribution in [0.3, 0.4) is 0 Å². The molecule has 3 aromatic rings. The first kappa shape index (κ1) is 20.4. The highest BCUT2D eigenvalue weighted by atomic mass is 35.5. The Hall–Kier alpha value is -3.32. The number of hydrogen-bond donors (Lipinski definition) is 0. The van der Waals surface area contributed by atoms with Crippen molar-refractivity contribution in [3.05, 3.63) is 65.0 Å². The molecule has 1 aromatic heterocycles. The monoisotopic (exact) mass is 414 g/mol. The van der Waals surface area contributed by atoms with Crippen molar-refractivity contribution in [1.82, 2.24) is 10.2 Å². The molecule has 0 aliphatic carbocycles. The van der Waals surface area contributed by atoms with Crippen molar-refractivity contribution >= 4 is 23.6 Å². The number of hydrogen-bond acceptors (Lipinski definition) is 7. The first-order valence-electron chi connectivity index (χ1n) is 8.83. The highest BCUT2D eigenvalue weighted by Crippen LogP contribution is 2.28. The van der Waals surface area contributed by atoms with E-state index in [4.69, 9.17) is 30.2 Å². The van der Waals surface area contributed by atoms with Crippen LogP contribution in [0.4, 0.5) is 0 Å². The Kier molecular flexibility index (Phi) is 6.86. The lowest BCUT2D eigenvalue weighted by molar-refractivity contribution is -0.139. The van der Waals surface area contributed by atoms with Gasteiger partial charge in [0.25, 0.3) is 5.89 Å². The second kappa shape index (κ2) is 9.75. The van der Waals surface area contributed by atoms with Crippen LogP contribution in [0.25, 0.3) is 17.5 Å². The van der Waals surface area contributed by atoms with Crippen LogP contribution < -0.4 is 9.47 Å². The molecule has 0 spiro atoms. The average molecular weight is 415 g/mol. The highest BCUT2D eigenvalue weighted by Gasteiger charge is 2.10. The Balaban J connectivity index is 1.57. The van der Waals surface area contributed by atoms with Crippen LogP contribution in [0.5, 0.6) is 11.5 Å². The molecule has 8 heteroatoms. The quantitative estimate of drug-likeness (QED) is 0.394. The lowest BCUT2D eigenvalue weighted by Gasteiger charge is -2.09. The van der Waals surface area contributed by atoms with E-state index in [0.29, 0.717) is 29.0 Å². The lowest BCUT2D eigenvalue weighted by Crippen LogP contribution is -2.01. The van der Waals surface area contributed by atoms with Gasteiger partial charge < -0.3 is 18.6 Å². The second-order valence-corrected chi connectivity index (χ2v) is 6.23. The summed E-state index contributed by atoms with van der Waals surface area (Å²) in [5.74, 6) is 1.21. The SMILES string of the molecule is CCOc1ccc(/C=C/C(=O)OCc2nnc(-c3ccc(Cl)cc3)o2)cc1OC. The highest BCUT2D eigenvalue weighted by molar-refractivity contribution is 6.30. The van der Waals surface area contributed by atoms with Crippen LogP contribution >= 0.6 is 11.6 Å². The van der Waals surface area contributed by atoms with Gasteiger partial charge in [0.1, 0.15) is 0 Å². The molecule has 0 aliphatic heterocycles. The molecule has 0 saturated carbocycles. The fourth-order valence-electron chi connectivity index (χ4n) is 2.43. The summed E-state index contributed by atoms with van der Waals surface area (Å²) >= 11 is 5.86. The molecule has 0 saturated heterocycles. The third-order valence-electron chi connectivity index (χ3n) is 3.80. The number of esters is 1. The second-order valence-electron chi connectivity index (χ2n) is 5.79. The van der Waals surface area contributed by atoms with Crippen molar-refractivity contribution < 1.29 is 23.4 Å². The molecule has 0 amide bonds. The van der Waals surface area contributed by atoms with E-state index in [9.17, 15) is 4.79 Å². The molecule has 0 radical (unpaired) electrons. The predicted molar refractivity (Wildman–Crippen MR) is 108 cm³/mol. The number of halogens is 1. The van der Waals surface area contributed by atoms with Crippen LogP contribution in [0.1, 0.15) is 18.4 Å². The van der Waals surface area contributed by atoms with Gasteiger partial charge in [-0.25, -0.2) is 4.79 Å². The van der Waals surface area contributed by atoms with Gasteiger partial charge in [0.2, 0.25) is 5.89 Å². The van der Waals surface area contributed by atoms with Crippen molar-refractivity contribution in [1.29, 1.82) is 0 Å². The van der Waals surface area contributed by atoms with Gasteiger partial charge in [-0.3, -0.25) is 0 Å². The number of ether oxygens (including phenoxy) is 3. The number of benzene rings is 2. The Morgan fingerprint density at radius 1 is 1.14 bits per heavy atom. The third-order valence-corrected chi connectivity index (χ3v) is 4.05. The zero-order chi connectivity index (χ0) is 20.6. The molecule has 0 fully saturated rings. The van der Waals surface area contributed by atoms with E-state index in [1.165, 1.54) is 6.08 Å². The van der Waals surface area contributed by atoms with E-state index in [-0.39, 0.29) is 12.5 Å². The fourth-order valence-corrected chi connectivity index (χ4v) is 2.55. The molecular formula is C21H19ClN2O5. The van der Waals surface area contributed by atoms with Crippen molar-refractivity contribution in [2.75, 3.05) is 13.7 Å². The maximum Gasteiger partial charge on any atom is 0.331 e. The van der Waals surface area contributed by atoms with E-state index in [1.807, 2.05) is 13.0 Å². The zero-order valence-corrected chi connectivity index (χ0v) is 16.7. The summed E-state index contributed by atoms with van der Waals surface area (Å²) in [5.41, 5.74) is 1.49. The number of nitrogens with zero attached hydrogens (tertiary/aromatic N) is 2. The Morgan fingerprint density at radius 3 is 2.66 bits per heavy atom. The first-order valence-corrected chi connectivity index (χ1v) is 9.21. The van der Waals surface area contributed by atoms with E-state index in [2.05, 4.69) is 10.2 Å². The summed E-state index contributed by atoms with van der Waals surface area (Å²) < 4.78 is 21.4. The van der Waals surface area contributed by atoms with Gasteiger partial charge in [-0.15, -0.1) is 10.2 Å². The van der Waals surface area contributed by atoms with Crippen LogP contribution in [0.2, 0.25) is 5.02 Å². The van der Waals surface area contributed by atoms with E-state index >= 15 is 0 Å². The van der Waals surface area contributed by atoms with Gasteiger partial charge in [-0.2, -0.15) is 0 Å². The summed E-state index contributed by atoms with van der Waals surface area (Å²) in [6, 6.07) is 12.3. The van der Waals surface area contributed by atoms with E-state index < -0.39 is 5.97 Å². The standard InChI is InChI=1S/C21H19ClN2O5/c1-3-27-17-10-4-14(12-18(17)26-2)5-11-20(25)28-13-19-23-24-21(29-19)15-6-8-16(22)9-7-15/h4-12H,3,13H2,1-2H3/b11-5+. The maximum absolute atomic E-state index is 12.0. The van der Waals surface area contributed by atoms with Gasteiger partial charge in [0.15, 0.2) is 18.1 Å². The van der Waals surface area contributed by atoms with Gasteiger partial charge in [-0.1, -0.05) is 17.7 Å². The Labute approximate surface area is 172 Å². The molecule has 7 nitrogen and oxygen atoms in total. The van der Waals surface area contributed by atoms with Crippen molar-refractivity contribution in [3.8, 4) is 23.0 Å². The molecule has 0 aliphatic rings. The normalized spacial score (nSPS) is 10.9.